The van der Waals surface area contributed by atoms with Crippen molar-refractivity contribution in [3.8, 4) is 0 Å². The summed E-state index contributed by atoms with van der Waals surface area (Å²) in [5.41, 5.74) is 0. The molecule has 3 rings (SSSR count). The van der Waals surface area contributed by atoms with Gasteiger partial charge in [0.15, 0.2) is 0 Å². The van der Waals surface area contributed by atoms with Crippen LogP contribution < -0.4 is 5.32 Å². The van der Waals surface area contributed by atoms with Gasteiger partial charge in [-0.1, -0.05) is 32.0 Å². The summed E-state index contributed by atoms with van der Waals surface area (Å²) in [6.45, 7) is 4.78. The molecular weight excluding hydrogens is 324 g/mol. The smallest absolute Gasteiger partial charge is 0.243 e. The number of nitrogens with zero attached hydrogens (tertiary/aromatic N) is 1. The SMILES string of the molecule is CC(C)C[C@@H]1C[C@H]1NC(=O)C1CCCN1S(=O)(=O)c1ccccc1. The Morgan fingerprint density at radius 2 is 2.00 bits per heavy atom. The molecule has 1 saturated carbocycles. The fourth-order valence-electron chi connectivity index (χ4n) is 3.59. The second kappa shape index (κ2) is 6.84. The van der Waals surface area contributed by atoms with E-state index in [-0.39, 0.29) is 16.8 Å². The molecule has 3 atom stereocenters. The number of carbonyl (C=O) groups is 1. The Balaban J connectivity index is 1.67. The molecule has 1 amide bonds. The molecule has 1 aliphatic heterocycles. The second-order valence-electron chi connectivity index (χ2n) is 7.33. The lowest BCUT2D eigenvalue weighted by Gasteiger charge is -2.23. The Morgan fingerprint density at radius 1 is 1.29 bits per heavy atom. The van der Waals surface area contributed by atoms with Gasteiger partial charge in [0.1, 0.15) is 6.04 Å². The molecule has 1 unspecified atom stereocenters. The minimum Gasteiger partial charge on any atom is -0.352 e. The number of sulfonamides is 1. The molecule has 1 heterocycles. The summed E-state index contributed by atoms with van der Waals surface area (Å²) in [6.07, 6.45) is 3.45. The van der Waals surface area contributed by atoms with Gasteiger partial charge in [-0.25, -0.2) is 8.42 Å². The number of nitrogens with one attached hydrogen (secondary N) is 1. The molecule has 1 aromatic carbocycles. The van der Waals surface area contributed by atoms with E-state index in [0.717, 1.165) is 19.3 Å². The molecule has 24 heavy (non-hydrogen) atoms. The number of rotatable bonds is 6. The summed E-state index contributed by atoms with van der Waals surface area (Å²) in [5.74, 6) is 1.04. The first-order chi connectivity index (χ1) is 11.4. The molecular formula is C18H26N2O3S. The van der Waals surface area contributed by atoms with E-state index < -0.39 is 16.1 Å². The van der Waals surface area contributed by atoms with Crippen LogP contribution in [0, 0.1) is 11.8 Å². The number of amides is 1. The minimum absolute atomic E-state index is 0.136. The Kier molecular flexibility index (Phi) is 4.97. The van der Waals surface area contributed by atoms with Gasteiger partial charge in [-0.05, 0) is 49.7 Å². The van der Waals surface area contributed by atoms with Crippen LogP contribution in [0.15, 0.2) is 35.2 Å². The number of hydrogen-bond donors (Lipinski definition) is 1. The molecule has 0 bridgehead atoms. The van der Waals surface area contributed by atoms with Crippen LogP contribution in [0.2, 0.25) is 0 Å². The predicted molar refractivity (Wildman–Crippen MR) is 92.8 cm³/mol. The summed E-state index contributed by atoms with van der Waals surface area (Å²) in [7, 11) is -3.61. The Bertz CT molecular complexity index is 687. The fraction of sp³-hybridized carbons (Fsp3) is 0.611. The zero-order valence-electron chi connectivity index (χ0n) is 14.3. The van der Waals surface area contributed by atoms with Crippen LogP contribution in [0.4, 0.5) is 0 Å². The molecule has 0 aromatic heterocycles. The summed E-state index contributed by atoms with van der Waals surface area (Å²) in [4.78, 5) is 12.9. The molecule has 132 valence electrons. The highest BCUT2D eigenvalue weighted by Gasteiger charge is 2.43. The lowest BCUT2D eigenvalue weighted by Crippen LogP contribution is -2.46. The van der Waals surface area contributed by atoms with Gasteiger partial charge in [-0.3, -0.25) is 4.79 Å². The average molecular weight is 350 g/mol. The third-order valence-corrected chi connectivity index (χ3v) is 6.80. The van der Waals surface area contributed by atoms with E-state index in [9.17, 15) is 13.2 Å². The molecule has 6 heteroatoms. The molecule has 5 nitrogen and oxygen atoms in total. The highest BCUT2D eigenvalue weighted by Crippen LogP contribution is 2.36. The molecule has 0 spiro atoms. The molecule has 0 radical (unpaired) electrons. The first-order valence-electron chi connectivity index (χ1n) is 8.77. The van der Waals surface area contributed by atoms with Crippen molar-refractivity contribution in [2.75, 3.05) is 6.54 Å². The third kappa shape index (κ3) is 3.64. The standard InChI is InChI=1S/C18H26N2O3S/c1-13(2)11-14-12-16(14)19-18(21)17-9-6-10-20(17)24(22,23)15-7-4-3-5-8-15/h3-5,7-8,13-14,16-17H,6,9-12H2,1-2H3,(H,19,21)/t14-,16-,17?/m1/s1. The maximum absolute atomic E-state index is 12.8. The first kappa shape index (κ1) is 17.4. The van der Waals surface area contributed by atoms with E-state index in [1.165, 1.54) is 4.31 Å². The van der Waals surface area contributed by atoms with E-state index in [1.54, 1.807) is 30.3 Å². The first-order valence-corrected chi connectivity index (χ1v) is 10.2. The summed E-state index contributed by atoms with van der Waals surface area (Å²) in [6, 6.07) is 8.02. The van der Waals surface area contributed by atoms with Gasteiger partial charge in [0.25, 0.3) is 0 Å². The molecule has 2 fully saturated rings. The maximum Gasteiger partial charge on any atom is 0.243 e. The second-order valence-corrected chi connectivity index (χ2v) is 9.22. The van der Waals surface area contributed by atoms with Crippen molar-refractivity contribution < 1.29 is 13.2 Å². The highest BCUT2D eigenvalue weighted by atomic mass is 32.2. The normalized spacial score (nSPS) is 27.4. The van der Waals surface area contributed by atoms with E-state index in [4.69, 9.17) is 0 Å². The average Bonchev–Trinajstić information content (AvgIpc) is 3.06. The quantitative estimate of drug-likeness (QED) is 0.857. The van der Waals surface area contributed by atoms with E-state index in [0.29, 0.717) is 24.8 Å². The predicted octanol–water partition coefficient (Wildman–Crippen LogP) is 2.39. The minimum atomic E-state index is -3.61. The zero-order chi connectivity index (χ0) is 17.3. The van der Waals surface area contributed by atoms with Gasteiger partial charge in [0.05, 0.1) is 4.90 Å². The zero-order valence-corrected chi connectivity index (χ0v) is 15.1. The van der Waals surface area contributed by atoms with E-state index >= 15 is 0 Å². The molecule has 1 aliphatic carbocycles. The maximum atomic E-state index is 12.8. The van der Waals surface area contributed by atoms with Gasteiger partial charge in [-0.2, -0.15) is 4.31 Å². The van der Waals surface area contributed by atoms with Crippen molar-refractivity contribution in [3.05, 3.63) is 30.3 Å². The monoisotopic (exact) mass is 350 g/mol. The van der Waals surface area contributed by atoms with Gasteiger partial charge < -0.3 is 5.32 Å². The third-order valence-electron chi connectivity index (χ3n) is 4.88. The van der Waals surface area contributed by atoms with Crippen LogP contribution in [0.1, 0.15) is 39.5 Å². The van der Waals surface area contributed by atoms with Crippen molar-refractivity contribution in [1.82, 2.24) is 9.62 Å². The van der Waals surface area contributed by atoms with Crippen LogP contribution in [-0.4, -0.2) is 37.3 Å². The van der Waals surface area contributed by atoms with Crippen molar-refractivity contribution in [2.45, 2.75) is 56.5 Å². The van der Waals surface area contributed by atoms with Crippen molar-refractivity contribution in [3.63, 3.8) is 0 Å². The van der Waals surface area contributed by atoms with Gasteiger partial charge >= 0.3 is 0 Å². The van der Waals surface area contributed by atoms with Crippen molar-refractivity contribution in [2.24, 2.45) is 11.8 Å². The number of carbonyl (C=O) groups excluding carboxylic acids is 1. The number of hydrogen-bond acceptors (Lipinski definition) is 3. The van der Waals surface area contributed by atoms with Crippen LogP contribution in [0.25, 0.3) is 0 Å². The van der Waals surface area contributed by atoms with Gasteiger partial charge in [0, 0.05) is 12.6 Å². The lowest BCUT2D eigenvalue weighted by atomic mass is 10.1. The van der Waals surface area contributed by atoms with Crippen molar-refractivity contribution in [1.29, 1.82) is 0 Å². The summed E-state index contributed by atoms with van der Waals surface area (Å²) < 4.78 is 27.0. The number of benzene rings is 1. The fourth-order valence-corrected chi connectivity index (χ4v) is 5.26. The van der Waals surface area contributed by atoms with Crippen LogP contribution >= 0.6 is 0 Å². The molecule has 1 aromatic rings. The Labute approximate surface area is 144 Å². The van der Waals surface area contributed by atoms with Crippen LogP contribution in [0.5, 0.6) is 0 Å². The van der Waals surface area contributed by atoms with Crippen molar-refractivity contribution >= 4 is 15.9 Å². The Hall–Kier alpha value is -1.40. The lowest BCUT2D eigenvalue weighted by molar-refractivity contribution is -0.124. The van der Waals surface area contributed by atoms with E-state index in [2.05, 4.69) is 19.2 Å². The molecule has 1 saturated heterocycles. The Morgan fingerprint density at radius 3 is 2.67 bits per heavy atom. The van der Waals surface area contributed by atoms with Crippen LogP contribution in [0.3, 0.4) is 0 Å². The highest BCUT2D eigenvalue weighted by molar-refractivity contribution is 7.89. The van der Waals surface area contributed by atoms with Crippen LogP contribution in [-0.2, 0) is 14.8 Å². The largest absolute Gasteiger partial charge is 0.352 e. The topological polar surface area (TPSA) is 66.5 Å². The van der Waals surface area contributed by atoms with E-state index in [1.807, 2.05) is 0 Å². The van der Waals surface area contributed by atoms with Gasteiger partial charge in [-0.15, -0.1) is 0 Å². The molecule has 2 aliphatic rings. The molecule has 1 N–H and O–H groups in total. The summed E-state index contributed by atoms with van der Waals surface area (Å²) in [5, 5.41) is 3.06. The summed E-state index contributed by atoms with van der Waals surface area (Å²) >= 11 is 0. The van der Waals surface area contributed by atoms with Gasteiger partial charge in [0.2, 0.25) is 15.9 Å².